The van der Waals surface area contributed by atoms with Crippen molar-refractivity contribution in [2.45, 2.75) is 271 Å². The summed E-state index contributed by atoms with van der Waals surface area (Å²) in [6.45, 7) is 6.47. The zero-order valence-electron chi connectivity index (χ0n) is 42.7. The second kappa shape index (κ2) is 53.5. The third-order valence-electron chi connectivity index (χ3n) is 11.7. The number of hydrogen-bond donors (Lipinski definition) is 0. The molecule has 0 rings (SSSR count). The molecule has 0 aromatic rings. The molecule has 0 aromatic heterocycles. The molecule has 0 aromatic carbocycles. The molecule has 0 radical (unpaired) electrons. The van der Waals surface area contributed by atoms with Crippen molar-refractivity contribution >= 4 is 17.9 Å². The molecule has 0 N–H and O–H groups in total. The molecule has 6 nitrogen and oxygen atoms in total. The Kier molecular flexibility index (Phi) is 50.9. The van der Waals surface area contributed by atoms with Gasteiger partial charge in [0, 0.05) is 19.3 Å². The fraction of sp³-hybridized carbons (Fsp3) is 0.746. The van der Waals surface area contributed by atoms with Gasteiger partial charge in [-0.2, -0.15) is 0 Å². The number of unbranched alkanes of at least 4 members (excludes halogenated alkanes) is 26. The van der Waals surface area contributed by atoms with E-state index < -0.39 is 6.10 Å². The van der Waals surface area contributed by atoms with Crippen molar-refractivity contribution < 1.29 is 28.6 Å². The summed E-state index contributed by atoms with van der Waals surface area (Å²) in [7, 11) is 0. The van der Waals surface area contributed by atoms with Crippen LogP contribution in [0.1, 0.15) is 265 Å². The number of rotatable bonds is 49. The van der Waals surface area contributed by atoms with E-state index in [-0.39, 0.29) is 31.1 Å². The lowest BCUT2D eigenvalue weighted by atomic mass is 10.1. The normalized spacial score (nSPS) is 12.6. The molecule has 0 saturated carbocycles. The van der Waals surface area contributed by atoms with Crippen LogP contribution >= 0.6 is 0 Å². The number of carbonyl (C=O) groups is 3. The van der Waals surface area contributed by atoms with Gasteiger partial charge in [-0.05, 0) is 89.9 Å². The lowest BCUT2D eigenvalue weighted by molar-refractivity contribution is -0.167. The van der Waals surface area contributed by atoms with Gasteiger partial charge in [-0.15, -0.1) is 0 Å². The molecule has 0 aliphatic rings. The maximum Gasteiger partial charge on any atom is 0.306 e. The highest BCUT2D eigenvalue weighted by Gasteiger charge is 2.19. The number of ether oxygens (including phenoxy) is 3. The molecule has 0 bridgehead atoms. The van der Waals surface area contributed by atoms with Crippen molar-refractivity contribution in [3.05, 3.63) is 72.9 Å². The van der Waals surface area contributed by atoms with Gasteiger partial charge < -0.3 is 14.2 Å². The van der Waals surface area contributed by atoms with Crippen LogP contribution in [0.15, 0.2) is 72.9 Å². The molecule has 0 saturated heterocycles. The minimum Gasteiger partial charge on any atom is -0.462 e. The average molecular weight is 907 g/mol. The van der Waals surface area contributed by atoms with Gasteiger partial charge in [-0.25, -0.2) is 0 Å². The summed E-state index contributed by atoms with van der Waals surface area (Å²) in [5, 5.41) is 0. The Bertz CT molecular complexity index is 1230. The van der Waals surface area contributed by atoms with Crippen LogP contribution in [0.4, 0.5) is 0 Å². The zero-order valence-corrected chi connectivity index (χ0v) is 42.7. The SMILES string of the molecule is CC/C=C\C/C=C\C/C=C\CCCCCC(=O)OC(COC(=O)CCCCCCCCCCC)COC(=O)CCCCCCCCCCCC/C=C\C/C=C\C/C=C\CCCCCCC. The van der Waals surface area contributed by atoms with Crippen molar-refractivity contribution in [2.24, 2.45) is 0 Å². The van der Waals surface area contributed by atoms with E-state index in [4.69, 9.17) is 14.2 Å². The smallest absolute Gasteiger partial charge is 0.306 e. The highest BCUT2D eigenvalue weighted by Crippen LogP contribution is 2.15. The maximum atomic E-state index is 12.8. The highest BCUT2D eigenvalue weighted by atomic mass is 16.6. The number of allylic oxidation sites excluding steroid dienone is 12. The standard InChI is InChI=1S/C59H102O6/c1-4-7-10-13-16-19-21-23-24-25-26-27-28-29-30-31-32-33-34-36-37-40-43-46-49-52-58(61)64-55-56(54-63-57(60)51-48-45-42-39-18-15-12-9-6-3)65-59(62)53-50-47-44-41-38-35-22-20-17-14-11-8-5-2/h8,11,17,20-21,23,25-26,28-29,35,38,56H,4-7,9-10,12-16,18-19,22,24,27,30-34,36-37,39-55H2,1-3H3/b11-8-,20-17-,23-21-,26-25-,29-28-,38-35-. The first-order chi connectivity index (χ1) is 32.0. The van der Waals surface area contributed by atoms with Crippen LogP contribution in [0.2, 0.25) is 0 Å². The van der Waals surface area contributed by atoms with Crippen LogP contribution < -0.4 is 0 Å². The van der Waals surface area contributed by atoms with Gasteiger partial charge in [0.25, 0.3) is 0 Å². The molecule has 1 unspecified atom stereocenters. The molecular weight excluding hydrogens is 805 g/mol. The number of carbonyl (C=O) groups excluding carboxylic acids is 3. The largest absolute Gasteiger partial charge is 0.462 e. The Labute approximate surface area is 402 Å². The average Bonchev–Trinajstić information content (AvgIpc) is 3.30. The third-order valence-corrected chi connectivity index (χ3v) is 11.7. The lowest BCUT2D eigenvalue weighted by Crippen LogP contribution is -2.30. The van der Waals surface area contributed by atoms with Crippen LogP contribution in [-0.2, 0) is 28.6 Å². The minimum absolute atomic E-state index is 0.0872. The van der Waals surface area contributed by atoms with E-state index in [9.17, 15) is 14.4 Å². The fourth-order valence-electron chi connectivity index (χ4n) is 7.58. The van der Waals surface area contributed by atoms with Crippen molar-refractivity contribution in [3.63, 3.8) is 0 Å². The fourth-order valence-corrected chi connectivity index (χ4v) is 7.58. The maximum absolute atomic E-state index is 12.8. The number of esters is 3. The summed E-state index contributed by atoms with van der Waals surface area (Å²) in [5.74, 6) is -0.921. The molecule has 65 heavy (non-hydrogen) atoms. The Morgan fingerprint density at radius 3 is 0.954 bits per heavy atom. The van der Waals surface area contributed by atoms with E-state index in [1.165, 1.54) is 128 Å². The summed E-state index contributed by atoms with van der Waals surface area (Å²) in [5.41, 5.74) is 0. The second-order valence-corrected chi connectivity index (χ2v) is 18.1. The van der Waals surface area contributed by atoms with Gasteiger partial charge in [0.15, 0.2) is 6.10 Å². The lowest BCUT2D eigenvalue weighted by Gasteiger charge is -2.18. The summed E-state index contributed by atoms with van der Waals surface area (Å²) < 4.78 is 16.7. The Morgan fingerprint density at radius 1 is 0.323 bits per heavy atom. The molecule has 0 fully saturated rings. The van der Waals surface area contributed by atoms with Crippen LogP contribution in [0.5, 0.6) is 0 Å². The van der Waals surface area contributed by atoms with Crippen molar-refractivity contribution in [3.8, 4) is 0 Å². The van der Waals surface area contributed by atoms with Crippen LogP contribution in [0, 0.1) is 0 Å². The van der Waals surface area contributed by atoms with E-state index in [1.54, 1.807) is 0 Å². The molecule has 0 heterocycles. The molecule has 0 spiro atoms. The van der Waals surface area contributed by atoms with Crippen LogP contribution in [-0.4, -0.2) is 37.2 Å². The molecule has 374 valence electrons. The summed E-state index contributed by atoms with van der Waals surface area (Å²) in [6.07, 6.45) is 67.6. The minimum atomic E-state index is -0.789. The molecule has 6 heteroatoms. The molecular formula is C59H102O6. The van der Waals surface area contributed by atoms with E-state index in [0.29, 0.717) is 19.3 Å². The highest BCUT2D eigenvalue weighted by molar-refractivity contribution is 5.71. The van der Waals surface area contributed by atoms with Crippen molar-refractivity contribution in [2.75, 3.05) is 13.2 Å². The van der Waals surface area contributed by atoms with E-state index >= 15 is 0 Å². The summed E-state index contributed by atoms with van der Waals surface area (Å²) in [6, 6.07) is 0. The first-order valence-electron chi connectivity index (χ1n) is 27.4. The quantitative estimate of drug-likeness (QED) is 0.0262. The number of hydrogen-bond acceptors (Lipinski definition) is 6. The second-order valence-electron chi connectivity index (χ2n) is 18.1. The van der Waals surface area contributed by atoms with Gasteiger partial charge in [0.05, 0.1) is 0 Å². The van der Waals surface area contributed by atoms with E-state index in [0.717, 1.165) is 96.3 Å². The van der Waals surface area contributed by atoms with E-state index in [2.05, 4.69) is 93.7 Å². The van der Waals surface area contributed by atoms with Gasteiger partial charge in [-0.1, -0.05) is 229 Å². The van der Waals surface area contributed by atoms with Gasteiger partial charge in [0.1, 0.15) is 13.2 Å². The topological polar surface area (TPSA) is 78.9 Å². The molecule has 0 aliphatic heterocycles. The predicted molar refractivity (Wildman–Crippen MR) is 279 cm³/mol. The van der Waals surface area contributed by atoms with E-state index in [1.807, 2.05) is 0 Å². The monoisotopic (exact) mass is 907 g/mol. The first kappa shape index (κ1) is 61.9. The Balaban J connectivity index is 4.23. The molecule has 1 atom stereocenters. The van der Waals surface area contributed by atoms with Crippen molar-refractivity contribution in [1.29, 1.82) is 0 Å². The predicted octanol–water partition coefficient (Wildman–Crippen LogP) is 18.2. The third kappa shape index (κ3) is 51.7. The first-order valence-corrected chi connectivity index (χ1v) is 27.4. The van der Waals surface area contributed by atoms with Gasteiger partial charge in [-0.3, -0.25) is 14.4 Å². The van der Waals surface area contributed by atoms with Crippen LogP contribution in [0.3, 0.4) is 0 Å². The van der Waals surface area contributed by atoms with Gasteiger partial charge >= 0.3 is 17.9 Å². The Hall–Kier alpha value is -3.15. The summed E-state index contributed by atoms with van der Waals surface area (Å²) >= 11 is 0. The molecule has 0 amide bonds. The zero-order chi connectivity index (χ0) is 47.2. The van der Waals surface area contributed by atoms with Crippen molar-refractivity contribution in [1.82, 2.24) is 0 Å². The molecule has 0 aliphatic carbocycles. The van der Waals surface area contributed by atoms with Crippen LogP contribution in [0.25, 0.3) is 0 Å². The Morgan fingerprint density at radius 2 is 0.600 bits per heavy atom. The summed E-state index contributed by atoms with van der Waals surface area (Å²) in [4.78, 5) is 37.9. The van der Waals surface area contributed by atoms with Gasteiger partial charge in [0.2, 0.25) is 0 Å².